The summed E-state index contributed by atoms with van der Waals surface area (Å²) < 4.78 is 5.48. The van der Waals surface area contributed by atoms with Crippen LogP contribution in [0.15, 0.2) is 0 Å². The predicted octanol–water partition coefficient (Wildman–Crippen LogP) is 1.97. The van der Waals surface area contributed by atoms with Crippen LogP contribution in [0, 0.1) is 5.92 Å². The van der Waals surface area contributed by atoms with Gasteiger partial charge in [0.05, 0.1) is 19.3 Å². The van der Waals surface area contributed by atoms with E-state index in [9.17, 15) is 4.79 Å². The lowest BCUT2D eigenvalue weighted by molar-refractivity contribution is -0.141. The fourth-order valence-corrected chi connectivity index (χ4v) is 4.03. The first kappa shape index (κ1) is 16.1. The maximum Gasteiger partial charge on any atom is 0.223 e. The molecule has 5 heteroatoms. The molecule has 1 amide bonds. The molecule has 0 aromatic rings. The van der Waals surface area contributed by atoms with Gasteiger partial charge in [-0.25, -0.2) is 0 Å². The Hall–Kier alpha value is -0.320. The van der Waals surface area contributed by atoms with Crippen LogP contribution in [0.4, 0.5) is 0 Å². The molecule has 3 fully saturated rings. The normalized spacial score (nSPS) is 36.5. The molecule has 0 spiro atoms. The molecule has 0 aromatic heterocycles. The largest absolute Gasteiger partial charge is 0.377 e. The number of carbonyl (C=O) groups is 1. The highest BCUT2D eigenvalue weighted by Crippen LogP contribution is 2.33. The van der Waals surface area contributed by atoms with Gasteiger partial charge in [0.2, 0.25) is 5.91 Å². The summed E-state index contributed by atoms with van der Waals surface area (Å²) in [6, 6.07) is 1.67. The van der Waals surface area contributed by atoms with Crippen LogP contribution in [0.1, 0.15) is 45.4 Å². The van der Waals surface area contributed by atoms with E-state index in [1.165, 1.54) is 25.7 Å². The number of nitrogens with one attached hydrogen (secondary N) is 1. The Morgan fingerprint density at radius 1 is 1.30 bits per heavy atom. The molecule has 0 aromatic carbocycles. The van der Waals surface area contributed by atoms with Crippen molar-refractivity contribution in [1.82, 2.24) is 10.2 Å². The van der Waals surface area contributed by atoms with Crippen molar-refractivity contribution in [3.63, 3.8) is 0 Å². The van der Waals surface area contributed by atoms with Crippen LogP contribution in [-0.4, -0.2) is 48.7 Å². The second kappa shape index (κ2) is 7.10. The van der Waals surface area contributed by atoms with Crippen LogP contribution in [0.5, 0.6) is 0 Å². The van der Waals surface area contributed by atoms with Crippen LogP contribution in [-0.2, 0) is 9.53 Å². The molecule has 0 saturated carbocycles. The third-order valence-electron chi connectivity index (χ3n) is 5.05. The Morgan fingerprint density at radius 3 is 2.65 bits per heavy atom. The Balaban J connectivity index is 0.00000147. The van der Waals surface area contributed by atoms with Crippen molar-refractivity contribution in [3.8, 4) is 0 Å². The zero-order valence-corrected chi connectivity index (χ0v) is 13.2. The molecular formula is C15H27ClN2O2. The van der Waals surface area contributed by atoms with E-state index in [-0.39, 0.29) is 12.4 Å². The lowest BCUT2D eigenvalue weighted by atomic mass is 9.89. The highest BCUT2D eigenvalue weighted by molar-refractivity contribution is 5.85. The van der Waals surface area contributed by atoms with Crippen molar-refractivity contribution in [1.29, 1.82) is 0 Å². The SMILES string of the molecule is CCC1COCCN1C(=O)CC1CC2CCC(C1)N2.Cl. The second-order valence-corrected chi connectivity index (χ2v) is 6.40. The standard InChI is InChI=1S/C15H26N2O2.ClH/c1-2-14-10-19-6-5-17(14)15(18)9-11-7-12-3-4-13(8-11)16-12;/h11-14,16H,2-10H2,1H3;1H. The first-order chi connectivity index (χ1) is 9.26. The van der Waals surface area contributed by atoms with E-state index < -0.39 is 0 Å². The van der Waals surface area contributed by atoms with Crippen LogP contribution >= 0.6 is 12.4 Å². The average Bonchev–Trinajstić information content (AvgIpc) is 2.78. The summed E-state index contributed by atoms with van der Waals surface area (Å²) in [4.78, 5) is 14.6. The number of halogens is 1. The van der Waals surface area contributed by atoms with E-state index in [1.54, 1.807) is 0 Å². The van der Waals surface area contributed by atoms with E-state index in [0.717, 1.165) is 26.0 Å². The molecule has 3 heterocycles. The Kier molecular flexibility index (Phi) is 5.70. The zero-order valence-electron chi connectivity index (χ0n) is 12.3. The van der Waals surface area contributed by atoms with Crippen molar-refractivity contribution in [3.05, 3.63) is 0 Å². The average molecular weight is 303 g/mol. The molecule has 0 aliphatic carbocycles. The molecule has 3 saturated heterocycles. The number of nitrogens with zero attached hydrogens (tertiary/aromatic N) is 1. The number of morpholine rings is 1. The highest BCUT2D eigenvalue weighted by atomic mass is 35.5. The fraction of sp³-hybridized carbons (Fsp3) is 0.933. The minimum Gasteiger partial charge on any atom is -0.377 e. The molecule has 4 nitrogen and oxygen atoms in total. The molecule has 2 bridgehead atoms. The zero-order chi connectivity index (χ0) is 13.2. The molecule has 3 atom stereocenters. The fourth-order valence-electron chi connectivity index (χ4n) is 4.03. The molecule has 3 aliphatic rings. The number of carbonyl (C=O) groups excluding carboxylic acids is 1. The molecule has 0 radical (unpaired) electrons. The lowest BCUT2D eigenvalue weighted by Gasteiger charge is -2.37. The molecule has 1 N–H and O–H groups in total. The minimum atomic E-state index is 0. The van der Waals surface area contributed by atoms with Gasteiger partial charge in [0, 0.05) is 25.0 Å². The predicted molar refractivity (Wildman–Crippen MR) is 81.1 cm³/mol. The van der Waals surface area contributed by atoms with E-state index in [2.05, 4.69) is 17.1 Å². The molecule has 20 heavy (non-hydrogen) atoms. The van der Waals surface area contributed by atoms with E-state index >= 15 is 0 Å². The summed E-state index contributed by atoms with van der Waals surface area (Å²) in [5.41, 5.74) is 0. The number of fused-ring (bicyclic) bond motifs is 2. The van der Waals surface area contributed by atoms with Gasteiger partial charge in [-0.3, -0.25) is 4.79 Å². The van der Waals surface area contributed by atoms with Crippen LogP contribution in [0.2, 0.25) is 0 Å². The van der Waals surface area contributed by atoms with Crippen LogP contribution < -0.4 is 5.32 Å². The number of rotatable bonds is 3. The number of ether oxygens (including phenoxy) is 1. The van der Waals surface area contributed by atoms with Crippen molar-refractivity contribution >= 4 is 18.3 Å². The quantitative estimate of drug-likeness (QED) is 0.866. The monoisotopic (exact) mass is 302 g/mol. The first-order valence-corrected chi connectivity index (χ1v) is 7.89. The molecule has 3 aliphatic heterocycles. The van der Waals surface area contributed by atoms with E-state index in [4.69, 9.17) is 4.74 Å². The van der Waals surface area contributed by atoms with Crippen molar-refractivity contribution in [2.24, 2.45) is 5.92 Å². The van der Waals surface area contributed by atoms with E-state index in [0.29, 0.717) is 36.6 Å². The highest BCUT2D eigenvalue weighted by Gasteiger charge is 2.35. The van der Waals surface area contributed by atoms with Crippen LogP contribution in [0.3, 0.4) is 0 Å². The van der Waals surface area contributed by atoms with E-state index in [1.807, 2.05) is 0 Å². The van der Waals surface area contributed by atoms with Crippen LogP contribution in [0.25, 0.3) is 0 Å². The van der Waals surface area contributed by atoms with Crippen molar-refractivity contribution in [2.45, 2.75) is 63.6 Å². The smallest absolute Gasteiger partial charge is 0.223 e. The molecular weight excluding hydrogens is 276 g/mol. The van der Waals surface area contributed by atoms with Gasteiger partial charge in [-0.1, -0.05) is 6.92 Å². The lowest BCUT2D eigenvalue weighted by Crippen LogP contribution is -2.49. The number of hydrogen-bond donors (Lipinski definition) is 1. The second-order valence-electron chi connectivity index (χ2n) is 6.40. The molecule has 3 rings (SSSR count). The van der Waals surface area contributed by atoms with Gasteiger partial charge in [0.15, 0.2) is 0 Å². The van der Waals surface area contributed by atoms with Crippen molar-refractivity contribution in [2.75, 3.05) is 19.8 Å². The minimum absolute atomic E-state index is 0. The maximum atomic E-state index is 12.5. The Bertz CT molecular complexity index is 328. The Morgan fingerprint density at radius 2 is 2.00 bits per heavy atom. The Labute approximate surface area is 128 Å². The first-order valence-electron chi connectivity index (χ1n) is 7.89. The van der Waals surface area contributed by atoms with Gasteiger partial charge < -0.3 is 15.0 Å². The van der Waals surface area contributed by atoms with Gasteiger partial charge in [0.1, 0.15) is 0 Å². The van der Waals surface area contributed by atoms with Gasteiger partial charge in [0.25, 0.3) is 0 Å². The summed E-state index contributed by atoms with van der Waals surface area (Å²) in [5, 5.41) is 3.65. The number of amides is 1. The summed E-state index contributed by atoms with van der Waals surface area (Å²) >= 11 is 0. The number of piperidine rings is 1. The summed E-state index contributed by atoms with van der Waals surface area (Å²) in [6.07, 6.45) is 6.77. The van der Waals surface area contributed by atoms with Gasteiger partial charge in [-0.2, -0.15) is 0 Å². The summed E-state index contributed by atoms with van der Waals surface area (Å²) in [6.45, 7) is 4.36. The van der Waals surface area contributed by atoms with Gasteiger partial charge >= 0.3 is 0 Å². The van der Waals surface area contributed by atoms with Gasteiger partial charge in [-0.15, -0.1) is 12.4 Å². The number of hydrogen-bond acceptors (Lipinski definition) is 3. The summed E-state index contributed by atoms with van der Waals surface area (Å²) in [7, 11) is 0. The third kappa shape index (κ3) is 3.46. The molecule has 116 valence electrons. The van der Waals surface area contributed by atoms with Crippen molar-refractivity contribution < 1.29 is 9.53 Å². The summed E-state index contributed by atoms with van der Waals surface area (Å²) in [5.74, 6) is 0.966. The third-order valence-corrected chi connectivity index (χ3v) is 5.05. The topological polar surface area (TPSA) is 41.6 Å². The molecule has 3 unspecified atom stereocenters. The maximum absolute atomic E-state index is 12.5. The van der Waals surface area contributed by atoms with Gasteiger partial charge in [-0.05, 0) is 38.0 Å².